The Balaban J connectivity index is 1.94. The van der Waals surface area contributed by atoms with E-state index < -0.39 is 0 Å². The average molecular weight is 293 g/mol. The summed E-state index contributed by atoms with van der Waals surface area (Å²) >= 11 is 2.95. The monoisotopic (exact) mass is 293 g/mol. The van der Waals surface area contributed by atoms with Crippen LogP contribution in [0.5, 0.6) is 5.75 Å². The fraction of sp³-hybridized carbons (Fsp3) is 0.231. The van der Waals surface area contributed by atoms with Crippen molar-refractivity contribution in [3.05, 3.63) is 34.1 Å². The molecule has 4 nitrogen and oxygen atoms in total. The zero-order valence-electron chi connectivity index (χ0n) is 10.2. The van der Waals surface area contributed by atoms with Crippen LogP contribution in [0.15, 0.2) is 34.1 Å². The van der Waals surface area contributed by atoms with Crippen molar-refractivity contribution >= 4 is 41.0 Å². The molecular weight excluding hydrogens is 282 g/mol. The van der Waals surface area contributed by atoms with Crippen LogP contribution in [0.2, 0.25) is 0 Å². The van der Waals surface area contributed by atoms with E-state index in [9.17, 15) is 9.59 Å². The van der Waals surface area contributed by atoms with Crippen molar-refractivity contribution < 1.29 is 14.3 Å². The van der Waals surface area contributed by atoms with Gasteiger partial charge in [-0.3, -0.25) is 9.59 Å². The second-order valence-electron chi connectivity index (χ2n) is 4.00. The van der Waals surface area contributed by atoms with E-state index in [1.807, 2.05) is 0 Å². The van der Waals surface area contributed by atoms with Crippen molar-refractivity contribution in [2.24, 2.45) is 0 Å². The largest absolute Gasteiger partial charge is 0.497 e. The molecule has 0 atom stereocenters. The zero-order chi connectivity index (χ0) is 13.4. The standard InChI is InChI=1S/C13H11NO3S2/c1-17-9-4-2-8(3-5-9)14-12(15)10-11(13(14)16)19-7-6-18-10/h2-5H,6-7H2,1H3. The van der Waals surface area contributed by atoms with Gasteiger partial charge in [0, 0.05) is 11.5 Å². The second-order valence-corrected chi connectivity index (χ2v) is 6.21. The molecular formula is C13H11NO3S2. The van der Waals surface area contributed by atoms with Crippen molar-refractivity contribution in [1.29, 1.82) is 0 Å². The molecule has 2 aliphatic rings. The van der Waals surface area contributed by atoms with Gasteiger partial charge in [0.1, 0.15) is 5.75 Å². The Labute approximate surface area is 119 Å². The summed E-state index contributed by atoms with van der Waals surface area (Å²) < 4.78 is 5.07. The lowest BCUT2D eigenvalue weighted by molar-refractivity contribution is -0.120. The van der Waals surface area contributed by atoms with E-state index in [1.165, 1.54) is 28.4 Å². The van der Waals surface area contributed by atoms with Gasteiger partial charge in [0.25, 0.3) is 11.8 Å². The molecule has 1 aromatic carbocycles. The van der Waals surface area contributed by atoms with E-state index in [2.05, 4.69) is 0 Å². The van der Waals surface area contributed by atoms with Crippen LogP contribution in [0.4, 0.5) is 5.69 Å². The Kier molecular flexibility index (Phi) is 3.28. The molecule has 0 spiro atoms. The fourth-order valence-electron chi connectivity index (χ4n) is 2.00. The molecule has 0 fully saturated rings. The quantitative estimate of drug-likeness (QED) is 0.783. The molecule has 0 saturated heterocycles. The number of benzene rings is 1. The van der Waals surface area contributed by atoms with E-state index in [-0.39, 0.29) is 11.8 Å². The van der Waals surface area contributed by atoms with E-state index >= 15 is 0 Å². The van der Waals surface area contributed by atoms with Gasteiger partial charge in [0.15, 0.2) is 0 Å². The molecule has 6 heteroatoms. The number of imide groups is 1. The first-order chi connectivity index (χ1) is 9.22. The maximum Gasteiger partial charge on any atom is 0.273 e. The summed E-state index contributed by atoms with van der Waals surface area (Å²) in [5.41, 5.74) is 0.589. The Morgan fingerprint density at radius 1 is 1.00 bits per heavy atom. The molecule has 19 heavy (non-hydrogen) atoms. The van der Waals surface area contributed by atoms with Gasteiger partial charge < -0.3 is 4.74 Å². The summed E-state index contributed by atoms with van der Waals surface area (Å²) in [6.07, 6.45) is 0. The zero-order valence-corrected chi connectivity index (χ0v) is 11.8. The fourth-order valence-corrected chi connectivity index (χ4v) is 4.29. The third-order valence-corrected chi connectivity index (χ3v) is 5.45. The maximum absolute atomic E-state index is 12.3. The van der Waals surface area contributed by atoms with Gasteiger partial charge in [-0.15, -0.1) is 23.5 Å². The van der Waals surface area contributed by atoms with Gasteiger partial charge in [-0.05, 0) is 24.3 Å². The Morgan fingerprint density at radius 3 is 2.00 bits per heavy atom. The average Bonchev–Trinajstić information content (AvgIpc) is 2.72. The number of carbonyl (C=O) groups excluding carboxylic acids is 2. The third-order valence-electron chi connectivity index (χ3n) is 2.91. The van der Waals surface area contributed by atoms with E-state index in [1.54, 1.807) is 31.4 Å². The maximum atomic E-state index is 12.3. The highest BCUT2D eigenvalue weighted by molar-refractivity contribution is 8.11. The highest BCUT2D eigenvalue weighted by Gasteiger charge is 2.41. The molecule has 0 bridgehead atoms. The summed E-state index contributed by atoms with van der Waals surface area (Å²) in [7, 11) is 1.58. The molecule has 2 amide bonds. The Morgan fingerprint density at radius 2 is 1.53 bits per heavy atom. The number of methoxy groups -OCH3 is 1. The Bertz CT molecular complexity index is 552. The minimum absolute atomic E-state index is 0.206. The number of thioether (sulfide) groups is 2. The van der Waals surface area contributed by atoms with Crippen molar-refractivity contribution in [2.45, 2.75) is 0 Å². The van der Waals surface area contributed by atoms with E-state index in [0.29, 0.717) is 21.2 Å². The first kappa shape index (κ1) is 12.6. The summed E-state index contributed by atoms with van der Waals surface area (Å²) in [4.78, 5) is 27.0. The summed E-state index contributed by atoms with van der Waals surface area (Å²) in [5, 5.41) is 0. The molecule has 0 saturated carbocycles. The summed E-state index contributed by atoms with van der Waals surface area (Å²) in [6.45, 7) is 0. The van der Waals surface area contributed by atoms with Gasteiger partial charge in [-0.2, -0.15) is 0 Å². The van der Waals surface area contributed by atoms with E-state index in [0.717, 1.165) is 11.5 Å². The molecule has 2 aliphatic heterocycles. The van der Waals surface area contributed by atoms with Crippen LogP contribution in [0.3, 0.4) is 0 Å². The first-order valence-corrected chi connectivity index (χ1v) is 7.72. The highest BCUT2D eigenvalue weighted by atomic mass is 32.2. The normalized spacial score (nSPS) is 18.9. The van der Waals surface area contributed by atoms with Crippen LogP contribution in [0.1, 0.15) is 0 Å². The van der Waals surface area contributed by atoms with Crippen LogP contribution >= 0.6 is 23.5 Å². The van der Waals surface area contributed by atoms with Gasteiger partial charge in [0.05, 0.1) is 22.6 Å². The molecule has 98 valence electrons. The smallest absolute Gasteiger partial charge is 0.273 e. The van der Waals surface area contributed by atoms with E-state index in [4.69, 9.17) is 4.74 Å². The van der Waals surface area contributed by atoms with Gasteiger partial charge in [0.2, 0.25) is 0 Å². The van der Waals surface area contributed by atoms with Crippen molar-refractivity contribution in [2.75, 3.05) is 23.5 Å². The van der Waals surface area contributed by atoms with Gasteiger partial charge >= 0.3 is 0 Å². The van der Waals surface area contributed by atoms with Crippen LogP contribution in [-0.4, -0.2) is 30.4 Å². The van der Waals surface area contributed by atoms with Crippen LogP contribution < -0.4 is 9.64 Å². The lowest BCUT2D eigenvalue weighted by atomic mass is 10.3. The van der Waals surface area contributed by atoms with Crippen LogP contribution in [-0.2, 0) is 9.59 Å². The lowest BCUT2D eigenvalue weighted by Crippen LogP contribution is -2.30. The summed E-state index contributed by atoms with van der Waals surface area (Å²) in [6, 6.07) is 6.94. The second kappa shape index (κ2) is 4.94. The minimum Gasteiger partial charge on any atom is -0.497 e. The Hall–Kier alpha value is -1.40. The lowest BCUT2D eigenvalue weighted by Gasteiger charge is -2.14. The predicted octanol–water partition coefficient (Wildman–Crippen LogP) is 2.26. The number of nitrogens with zero attached hydrogens (tertiary/aromatic N) is 1. The van der Waals surface area contributed by atoms with Gasteiger partial charge in [-0.25, -0.2) is 4.90 Å². The molecule has 0 aliphatic carbocycles. The number of carbonyl (C=O) groups is 2. The SMILES string of the molecule is COc1ccc(N2C(=O)C3=C(SCCS3)C2=O)cc1. The number of amides is 2. The molecule has 0 N–H and O–H groups in total. The minimum atomic E-state index is -0.206. The van der Waals surface area contributed by atoms with Crippen molar-refractivity contribution in [1.82, 2.24) is 0 Å². The van der Waals surface area contributed by atoms with Gasteiger partial charge in [-0.1, -0.05) is 0 Å². The summed E-state index contributed by atoms with van der Waals surface area (Å²) in [5.74, 6) is 2.03. The van der Waals surface area contributed by atoms with Crippen molar-refractivity contribution in [3.8, 4) is 5.75 Å². The first-order valence-electron chi connectivity index (χ1n) is 5.75. The predicted molar refractivity (Wildman–Crippen MR) is 77.4 cm³/mol. The molecule has 2 heterocycles. The van der Waals surface area contributed by atoms with Crippen LogP contribution in [0.25, 0.3) is 0 Å². The number of anilines is 1. The highest BCUT2D eigenvalue weighted by Crippen LogP contribution is 2.42. The number of hydrogen-bond donors (Lipinski definition) is 0. The number of rotatable bonds is 2. The topological polar surface area (TPSA) is 46.6 Å². The molecule has 0 aromatic heterocycles. The molecule has 0 unspecified atom stereocenters. The van der Waals surface area contributed by atoms with Crippen LogP contribution in [0, 0.1) is 0 Å². The molecule has 1 aromatic rings. The molecule has 3 rings (SSSR count). The third kappa shape index (κ3) is 2.04. The number of ether oxygens (including phenoxy) is 1. The molecule has 0 radical (unpaired) electrons. The van der Waals surface area contributed by atoms with Crippen molar-refractivity contribution in [3.63, 3.8) is 0 Å². The number of hydrogen-bond acceptors (Lipinski definition) is 5.